The number of likely N-dealkylation sites (tertiary alicyclic amines) is 2. The fourth-order valence-electron chi connectivity index (χ4n) is 6.07. The number of piperidine rings is 2. The summed E-state index contributed by atoms with van der Waals surface area (Å²) in [6.45, 7) is 4.58. The van der Waals surface area contributed by atoms with E-state index in [-0.39, 0.29) is 17.7 Å². The van der Waals surface area contributed by atoms with Gasteiger partial charge in [-0.3, -0.25) is 9.59 Å². The van der Waals surface area contributed by atoms with Crippen LogP contribution in [-0.2, 0) is 22.4 Å². The minimum Gasteiger partial charge on any atom is -0.343 e. The Hall–Kier alpha value is -1.95. The normalized spacial score (nSPS) is 19.1. The Balaban J connectivity index is 1.31. The first-order chi connectivity index (χ1) is 17.3. The molecule has 5 nitrogen and oxygen atoms in total. The predicted molar refractivity (Wildman–Crippen MR) is 143 cm³/mol. The summed E-state index contributed by atoms with van der Waals surface area (Å²) in [6.07, 6.45) is 7.49. The van der Waals surface area contributed by atoms with E-state index >= 15 is 0 Å². The number of pyridine rings is 1. The van der Waals surface area contributed by atoms with Gasteiger partial charge in [0.25, 0.3) is 0 Å². The van der Waals surface area contributed by atoms with Crippen LogP contribution in [0.15, 0.2) is 24.4 Å². The molecule has 5 rings (SSSR count). The lowest BCUT2D eigenvalue weighted by molar-refractivity contribution is -0.134. The summed E-state index contributed by atoms with van der Waals surface area (Å²) in [5, 5.41) is 1.94. The van der Waals surface area contributed by atoms with Gasteiger partial charge in [-0.05, 0) is 43.2 Å². The third-order valence-corrected chi connectivity index (χ3v) is 8.76. The number of carbonyl (C=O) groups is 2. The van der Waals surface area contributed by atoms with Gasteiger partial charge in [-0.25, -0.2) is 4.98 Å². The highest BCUT2D eigenvalue weighted by Gasteiger charge is 2.42. The zero-order valence-electron chi connectivity index (χ0n) is 20.5. The van der Waals surface area contributed by atoms with Gasteiger partial charge in [0.05, 0.1) is 16.0 Å². The molecule has 0 spiro atoms. The minimum absolute atomic E-state index is 0.125. The molecule has 3 aliphatic rings. The molecule has 1 aromatic heterocycles. The summed E-state index contributed by atoms with van der Waals surface area (Å²) in [6, 6.07) is 5.85. The van der Waals surface area contributed by atoms with Gasteiger partial charge in [0.15, 0.2) is 5.69 Å². The van der Waals surface area contributed by atoms with Gasteiger partial charge >= 0.3 is 0 Å². The van der Waals surface area contributed by atoms with Crippen molar-refractivity contribution in [3.8, 4) is 0 Å². The fourth-order valence-corrected chi connectivity index (χ4v) is 6.89. The van der Waals surface area contributed by atoms with Gasteiger partial charge in [-0.15, -0.1) is 0 Å². The summed E-state index contributed by atoms with van der Waals surface area (Å²) >= 11 is 19.5. The molecular weight excluding hydrogens is 517 g/mol. The van der Waals surface area contributed by atoms with Crippen molar-refractivity contribution in [2.75, 3.05) is 26.2 Å². The molecule has 2 aromatic rings. The Morgan fingerprint density at radius 2 is 1.56 bits per heavy atom. The number of benzene rings is 1. The molecule has 2 saturated heterocycles. The number of aryl methyl sites for hydroxylation is 2. The molecule has 1 aromatic carbocycles. The summed E-state index contributed by atoms with van der Waals surface area (Å²) < 4.78 is 0. The van der Waals surface area contributed by atoms with Crippen molar-refractivity contribution in [2.24, 2.45) is 11.8 Å². The van der Waals surface area contributed by atoms with Gasteiger partial charge in [-0.1, -0.05) is 23.2 Å². The molecular formula is C28H31Cl3N3O2+. The summed E-state index contributed by atoms with van der Waals surface area (Å²) in [7, 11) is 0. The first-order valence-electron chi connectivity index (χ1n) is 12.8. The van der Waals surface area contributed by atoms with Crippen molar-refractivity contribution >= 4 is 46.6 Å². The maximum Gasteiger partial charge on any atom is 0.222 e. The second-order valence-corrected chi connectivity index (χ2v) is 11.6. The molecule has 0 saturated carbocycles. The largest absolute Gasteiger partial charge is 0.343 e. The highest BCUT2D eigenvalue weighted by Crippen LogP contribution is 2.45. The van der Waals surface area contributed by atoms with Gasteiger partial charge in [0, 0.05) is 93.8 Å². The molecule has 3 heterocycles. The second-order valence-electron chi connectivity index (χ2n) is 10.3. The quantitative estimate of drug-likeness (QED) is 0.443. The topological polar surface area (TPSA) is 53.5 Å². The van der Waals surface area contributed by atoms with Crippen LogP contribution in [0.3, 0.4) is 0 Å². The molecule has 190 valence electrons. The highest BCUT2D eigenvalue weighted by atomic mass is 35.5. The van der Waals surface area contributed by atoms with Crippen molar-refractivity contribution in [1.29, 1.82) is 0 Å². The third-order valence-electron chi connectivity index (χ3n) is 8.04. The monoisotopic (exact) mass is 546 g/mol. The van der Waals surface area contributed by atoms with Crippen molar-refractivity contribution in [1.82, 2.24) is 14.8 Å². The van der Waals surface area contributed by atoms with Gasteiger partial charge < -0.3 is 9.80 Å². The van der Waals surface area contributed by atoms with Crippen molar-refractivity contribution < 1.29 is 9.59 Å². The standard InChI is InChI=1S/C28H31Cl3N3O2/c1-17(35)33-8-4-18(5-9-33)12-25(36)34-10-6-19(7-11-34)27-26-20(13-22(29)15-24(26)31)2-3-21-14-23(30)16-32-28(21)27/h13-16,18-19H,2-12H2,1H3/q+1. The van der Waals surface area contributed by atoms with Crippen molar-refractivity contribution in [3.05, 3.63) is 67.8 Å². The summed E-state index contributed by atoms with van der Waals surface area (Å²) in [5.41, 5.74) is 4.31. The number of aromatic nitrogens is 1. The first-order valence-corrected chi connectivity index (χ1v) is 14.0. The average molecular weight is 548 g/mol. The minimum atomic E-state index is 0.125. The zero-order valence-corrected chi connectivity index (χ0v) is 22.8. The van der Waals surface area contributed by atoms with Crippen LogP contribution in [-0.4, -0.2) is 52.8 Å². The molecule has 0 unspecified atom stereocenters. The smallest absolute Gasteiger partial charge is 0.222 e. The number of hydrogen-bond donors (Lipinski definition) is 0. The van der Waals surface area contributed by atoms with E-state index in [9.17, 15) is 9.59 Å². The Kier molecular flexibility index (Phi) is 7.71. The van der Waals surface area contributed by atoms with Crippen LogP contribution in [0.2, 0.25) is 15.1 Å². The molecule has 1 aliphatic carbocycles. The molecule has 2 aliphatic heterocycles. The molecule has 8 heteroatoms. The van der Waals surface area contributed by atoms with Crippen LogP contribution < -0.4 is 0 Å². The summed E-state index contributed by atoms with van der Waals surface area (Å²) in [4.78, 5) is 33.4. The number of nitrogens with zero attached hydrogens (tertiary/aromatic N) is 3. The number of carbonyl (C=O) groups excluding carboxylic acids is 2. The average Bonchev–Trinajstić information content (AvgIpc) is 3.01. The van der Waals surface area contributed by atoms with Crippen molar-refractivity contribution in [2.45, 2.75) is 51.9 Å². The van der Waals surface area contributed by atoms with E-state index in [2.05, 4.69) is 0 Å². The van der Waals surface area contributed by atoms with Crippen LogP contribution in [0.1, 0.15) is 61.4 Å². The summed E-state index contributed by atoms with van der Waals surface area (Å²) in [5.74, 6) is 2.13. The van der Waals surface area contributed by atoms with Crippen LogP contribution in [0.5, 0.6) is 0 Å². The van der Waals surface area contributed by atoms with E-state index in [1.165, 1.54) is 5.92 Å². The first kappa shape index (κ1) is 25.7. The van der Waals surface area contributed by atoms with E-state index in [4.69, 9.17) is 39.8 Å². The number of halogens is 3. The Morgan fingerprint density at radius 1 is 0.917 bits per heavy atom. The second kappa shape index (κ2) is 10.8. The van der Waals surface area contributed by atoms with E-state index in [1.807, 2.05) is 28.0 Å². The number of hydrogen-bond acceptors (Lipinski definition) is 3. The lowest BCUT2D eigenvalue weighted by Gasteiger charge is -2.36. The molecule has 0 radical (unpaired) electrons. The maximum atomic E-state index is 13.1. The van der Waals surface area contributed by atoms with Gasteiger partial charge in [0.2, 0.25) is 11.8 Å². The molecule has 0 bridgehead atoms. The van der Waals surface area contributed by atoms with E-state index in [0.717, 1.165) is 87.1 Å². The molecule has 2 amide bonds. The zero-order chi connectivity index (χ0) is 25.4. The Bertz CT molecular complexity index is 1150. The van der Waals surface area contributed by atoms with Gasteiger partial charge in [0.1, 0.15) is 10.6 Å². The predicted octanol–water partition coefficient (Wildman–Crippen LogP) is 6.00. The van der Waals surface area contributed by atoms with Crippen LogP contribution >= 0.6 is 34.8 Å². The Labute approximate surface area is 228 Å². The molecule has 36 heavy (non-hydrogen) atoms. The molecule has 2 fully saturated rings. The molecule has 0 atom stereocenters. The molecule has 0 N–H and O–H groups in total. The Morgan fingerprint density at radius 3 is 2.25 bits per heavy atom. The lowest BCUT2D eigenvalue weighted by Crippen LogP contribution is -2.42. The number of amides is 2. The maximum absolute atomic E-state index is 13.1. The van der Waals surface area contributed by atoms with E-state index in [0.29, 0.717) is 27.4 Å². The SMILES string of the molecule is CC(=O)N1CCC(CC(=O)N2CCC([C+]3c4ncc(Cl)cc4CCc4cc(Cl)cc(Cl)c43)CC2)CC1. The number of fused-ring (bicyclic) bond motifs is 2. The van der Waals surface area contributed by atoms with Gasteiger partial charge in [-0.2, -0.15) is 0 Å². The highest BCUT2D eigenvalue weighted by molar-refractivity contribution is 6.35. The van der Waals surface area contributed by atoms with Crippen LogP contribution in [0.4, 0.5) is 0 Å². The van der Waals surface area contributed by atoms with Crippen LogP contribution in [0, 0.1) is 17.8 Å². The van der Waals surface area contributed by atoms with Crippen molar-refractivity contribution in [3.63, 3.8) is 0 Å². The van der Waals surface area contributed by atoms with E-state index < -0.39 is 0 Å². The lowest BCUT2D eigenvalue weighted by atomic mass is 9.76. The fraction of sp³-hybridized carbons (Fsp3) is 0.500. The number of rotatable bonds is 3. The van der Waals surface area contributed by atoms with Crippen LogP contribution in [0.25, 0.3) is 0 Å². The third kappa shape index (κ3) is 5.34. The van der Waals surface area contributed by atoms with E-state index in [1.54, 1.807) is 13.1 Å².